The van der Waals surface area contributed by atoms with Crippen LogP contribution in [-0.2, 0) is 0 Å². The van der Waals surface area contributed by atoms with Gasteiger partial charge in [0, 0.05) is 22.7 Å². The zero-order valence-corrected chi connectivity index (χ0v) is 8.78. The topological polar surface area (TPSA) is 71.5 Å². The third-order valence-electron chi connectivity index (χ3n) is 2.46. The first-order valence-corrected chi connectivity index (χ1v) is 4.68. The minimum Gasteiger partial charge on any atom is -0.733 e. The van der Waals surface area contributed by atoms with Crippen LogP contribution in [0, 0.1) is 5.21 Å². The van der Waals surface area contributed by atoms with Crippen LogP contribution in [0.5, 0.6) is 5.75 Å². The van der Waals surface area contributed by atoms with Crippen LogP contribution in [0.25, 0.3) is 10.9 Å². The highest BCUT2D eigenvalue weighted by Crippen LogP contribution is 2.40. The standard InChI is InChI=1S/C10H9F2N2O3/c1-17-7-3-2-6-8(9(7)14(15)16)5(4-13-6)10(11)12/h2-4,10,13,15H,1H3/q-1. The molecule has 1 aromatic heterocycles. The maximum absolute atomic E-state index is 12.7. The number of ether oxygens (including phenoxy) is 1. The average Bonchev–Trinajstić information content (AvgIpc) is 2.70. The second kappa shape index (κ2) is 4.19. The molecular weight excluding hydrogens is 234 g/mol. The SMILES string of the molecule is COc1ccc2[nH]cc(C(F)F)c2c1N([O-])O. The number of alkyl halides is 2. The van der Waals surface area contributed by atoms with Gasteiger partial charge in [0.1, 0.15) is 11.4 Å². The molecule has 0 saturated heterocycles. The molecule has 0 fully saturated rings. The van der Waals surface area contributed by atoms with Gasteiger partial charge in [-0.3, -0.25) is 5.21 Å². The van der Waals surface area contributed by atoms with E-state index in [0.717, 1.165) is 6.20 Å². The van der Waals surface area contributed by atoms with Crippen molar-refractivity contribution < 1.29 is 18.7 Å². The monoisotopic (exact) mass is 243 g/mol. The van der Waals surface area contributed by atoms with Crippen molar-refractivity contribution in [1.29, 1.82) is 0 Å². The van der Waals surface area contributed by atoms with E-state index >= 15 is 0 Å². The molecule has 1 heterocycles. The lowest BCUT2D eigenvalue weighted by Gasteiger charge is -2.25. The third kappa shape index (κ3) is 1.79. The Morgan fingerprint density at radius 1 is 1.47 bits per heavy atom. The normalized spacial score (nSPS) is 11.2. The molecule has 0 unspecified atom stereocenters. The molecular formula is C10H9F2N2O3-. The van der Waals surface area contributed by atoms with Gasteiger partial charge in [-0.2, -0.15) is 0 Å². The minimum atomic E-state index is -2.76. The lowest BCUT2D eigenvalue weighted by atomic mass is 10.1. The van der Waals surface area contributed by atoms with Gasteiger partial charge in [-0.25, -0.2) is 8.78 Å². The first-order chi connectivity index (χ1) is 8.06. The number of H-pyrrole nitrogens is 1. The second-order valence-corrected chi connectivity index (χ2v) is 3.36. The van der Waals surface area contributed by atoms with Gasteiger partial charge in [-0.1, -0.05) is 0 Å². The summed E-state index contributed by atoms with van der Waals surface area (Å²) < 4.78 is 30.4. The highest BCUT2D eigenvalue weighted by molar-refractivity contribution is 5.98. The first-order valence-electron chi connectivity index (χ1n) is 4.68. The molecule has 0 spiro atoms. The molecule has 5 nitrogen and oxygen atoms in total. The van der Waals surface area contributed by atoms with E-state index in [1.54, 1.807) is 0 Å². The van der Waals surface area contributed by atoms with Gasteiger partial charge >= 0.3 is 0 Å². The third-order valence-corrected chi connectivity index (χ3v) is 2.46. The Morgan fingerprint density at radius 2 is 2.18 bits per heavy atom. The van der Waals surface area contributed by atoms with E-state index in [-0.39, 0.29) is 22.4 Å². The van der Waals surface area contributed by atoms with Crippen LogP contribution >= 0.6 is 0 Å². The fourth-order valence-electron chi connectivity index (χ4n) is 1.74. The second-order valence-electron chi connectivity index (χ2n) is 3.36. The van der Waals surface area contributed by atoms with Crippen molar-refractivity contribution in [2.24, 2.45) is 0 Å². The van der Waals surface area contributed by atoms with Crippen LogP contribution in [0.3, 0.4) is 0 Å². The highest BCUT2D eigenvalue weighted by atomic mass is 19.3. The molecule has 0 amide bonds. The quantitative estimate of drug-likeness (QED) is 0.813. The first kappa shape index (κ1) is 11.6. The zero-order chi connectivity index (χ0) is 12.6. The molecule has 0 bridgehead atoms. The molecule has 0 aliphatic carbocycles. The molecule has 17 heavy (non-hydrogen) atoms. The van der Waals surface area contributed by atoms with Crippen molar-refractivity contribution in [2.75, 3.05) is 12.3 Å². The molecule has 7 heteroatoms. The van der Waals surface area contributed by atoms with Crippen LogP contribution in [0.4, 0.5) is 14.5 Å². The predicted octanol–water partition coefficient (Wildman–Crippen LogP) is 2.81. The number of halogens is 2. The lowest BCUT2D eigenvalue weighted by Crippen LogP contribution is -2.09. The number of benzene rings is 1. The van der Waals surface area contributed by atoms with Crippen molar-refractivity contribution in [1.82, 2.24) is 4.98 Å². The van der Waals surface area contributed by atoms with Crippen molar-refractivity contribution >= 4 is 16.6 Å². The van der Waals surface area contributed by atoms with E-state index in [1.807, 2.05) is 0 Å². The van der Waals surface area contributed by atoms with E-state index in [0.29, 0.717) is 5.52 Å². The van der Waals surface area contributed by atoms with E-state index in [2.05, 4.69) is 4.98 Å². The van der Waals surface area contributed by atoms with Gasteiger partial charge in [-0.15, -0.1) is 0 Å². The van der Waals surface area contributed by atoms with Crippen molar-refractivity contribution in [2.45, 2.75) is 6.43 Å². The number of anilines is 1. The number of methoxy groups -OCH3 is 1. The van der Waals surface area contributed by atoms with Crippen LogP contribution in [0.1, 0.15) is 12.0 Å². The highest BCUT2D eigenvalue weighted by Gasteiger charge is 2.19. The largest absolute Gasteiger partial charge is 0.733 e. The number of hydrogen-bond donors (Lipinski definition) is 2. The van der Waals surface area contributed by atoms with Crippen molar-refractivity contribution in [3.63, 3.8) is 0 Å². The number of rotatable bonds is 3. The Morgan fingerprint density at radius 3 is 2.71 bits per heavy atom. The van der Waals surface area contributed by atoms with E-state index in [1.165, 1.54) is 19.2 Å². The van der Waals surface area contributed by atoms with Gasteiger partial charge in [0.25, 0.3) is 6.43 Å². The van der Waals surface area contributed by atoms with Crippen LogP contribution in [-0.4, -0.2) is 17.3 Å². The van der Waals surface area contributed by atoms with Gasteiger partial charge < -0.3 is 20.2 Å². The summed E-state index contributed by atoms with van der Waals surface area (Å²) in [5.74, 6) is 0.0245. The van der Waals surface area contributed by atoms with Gasteiger partial charge in [0.15, 0.2) is 0 Å². The molecule has 0 aliphatic rings. The molecule has 2 aromatic rings. The minimum absolute atomic E-state index is 0.0245. The maximum atomic E-state index is 12.7. The molecule has 2 rings (SSSR count). The summed E-state index contributed by atoms with van der Waals surface area (Å²) in [6.07, 6.45) is -1.66. The molecule has 0 radical (unpaired) electrons. The smallest absolute Gasteiger partial charge is 0.265 e. The number of aromatic nitrogens is 1. The molecule has 92 valence electrons. The summed E-state index contributed by atoms with van der Waals surface area (Å²) >= 11 is 0. The number of hydrogen-bond acceptors (Lipinski definition) is 4. The fraction of sp³-hybridized carbons (Fsp3) is 0.200. The van der Waals surface area contributed by atoms with Gasteiger partial charge in [0.05, 0.1) is 7.11 Å². The van der Waals surface area contributed by atoms with Crippen LogP contribution in [0.2, 0.25) is 0 Å². The van der Waals surface area contributed by atoms with E-state index < -0.39 is 11.7 Å². The van der Waals surface area contributed by atoms with Crippen LogP contribution in [0.15, 0.2) is 18.3 Å². The number of fused-ring (bicyclic) bond motifs is 1. The zero-order valence-electron chi connectivity index (χ0n) is 8.78. The van der Waals surface area contributed by atoms with Gasteiger partial charge in [-0.05, 0) is 12.1 Å². The summed E-state index contributed by atoms with van der Waals surface area (Å²) in [6, 6.07) is 2.90. The van der Waals surface area contributed by atoms with E-state index in [4.69, 9.17) is 9.94 Å². The number of nitrogens with one attached hydrogen (secondary N) is 1. The van der Waals surface area contributed by atoms with Crippen molar-refractivity contribution in [3.05, 3.63) is 29.1 Å². The summed E-state index contributed by atoms with van der Waals surface area (Å²) in [4.78, 5) is 2.60. The predicted molar refractivity (Wildman–Crippen MR) is 57.4 cm³/mol. The van der Waals surface area contributed by atoms with Crippen molar-refractivity contribution in [3.8, 4) is 5.75 Å². The number of nitrogens with zero attached hydrogens (tertiary/aromatic N) is 1. The summed E-state index contributed by atoms with van der Waals surface area (Å²) in [5, 5.41) is 19.5. The Bertz CT molecular complexity index is 540. The number of aromatic amines is 1. The van der Waals surface area contributed by atoms with E-state index in [9.17, 15) is 14.0 Å². The Hall–Kier alpha value is -1.86. The van der Waals surface area contributed by atoms with Gasteiger partial charge in [0.2, 0.25) is 0 Å². The fourth-order valence-corrected chi connectivity index (χ4v) is 1.74. The summed E-state index contributed by atoms with van der Waals surface area (Å²) in [5.41, 5.74) is -0.364. The Balaban J connectivity index is 2.81. The molecule has 0 saturated carbocycles. The Kier molecular flexibility index (Phi) is 2.86. The summed E-state index contributed by atoms with van der Waals surface area (Å²) in [6.45, 7) is 0. The van der Waals surface area contributed by atoms with Crippen LogP contribution < -0.4 is 9.96 Å². The Labute approximate surface area is 94.8 Å². The lowest BCUT2D eigenvalue weighted by molar-refractivity contribution is 0.153. The average molecular weight is 243 g/mol. The molecule has 0 aliphatic heterocycles. The summed E-state index contributed by atoms with van der Waals surface area (Å²) in [7, 11) is 1.28. The molecule has 1 aromatic carbocycles. The molecule has 2 N–H and O–H groups in total. The maximum Gasteiger partial charge on any atom is 0.265 e. The molecule has 0 atom stereocenters.